The monoisotopic (exact) mass is 569 g/mol. The zero-order chi connectivity index (χ0) is 29.3. The fourth-order valence-corrected chi connectivity index (χ4v) is 5.53. The molecule has 0 aromatic heterocycles. The van der Waals surface area contributed by atoms with Gasteiger partial charge in [-0.05, 0) is 55.8 Å². The smallest absolute Gasteiger partial charge is 0.264 e. The molecular formula is C29H35N3O7S. The second kappa shape index (κ2) is 13.7. The number of hydrogen-bond acceptors (Lipinski definition) is 7. The second-order valence-electron chi connectivity index (χ2n) is 8.81. The Morgan fingerprint density at radius 1 is 0.875 bits per heavy atom. The van der Waals surface area contributed by atoms with Crippen LogP contribution in [0.15, 0.2) is 77.7 Å². The summed E-state index contributed by atoms with van der Waals surface area (Å²) in [5.74, 6) is 0.274. The normalized spacial score (nSPS) is 11.7. The van der Waals surface area contributed by atoms with Crippen molar-refractivity contribution in [3.8, 4) is 17.2 Å². The molecule has 214 valence electrons. The SMILES string of the molecule is CCNC(=O)[C@H](C)N(Cc1cccc(OC)c1)C(=O)CN(c1ccccc1)S(=O)(=O)c1ccc(OC)c(OC)c1. The third-order valence-corrected chi connectivity index (χ3v) is 8.04. The van der Waals surface area contributed by atoms with E-state index in [-0.39, 0.29) is 28.8 Å². The lowest BCUT2D eigenvalue weighted by Gasteiger charge is -2.32. The number of para-hydroxylation sites is 1. The van der Waals surface area contributed by atoms with Gasteiger partial charge in [0.1, 0.15) is 18.3 Å². The first kappa shape index (κ1) is 30.3. The predicted octanol–water partition coefficient (Wildman–Crippen LogP) is 3.46. The lowest BCUT2D eigenvalue weighted by molar-refractivity contribution is -0.139. The van der Waals surface area contributed by atoms with Crippen molar-refractivity contribution in [2.24, 2.45) is 0 Å². The van der Waals surface area contributed by atoms with Gasteiger partial charge in [0.05, 0.1) is 31.9 Å². The average molecular weight is 570 g/mol. The standard InChI is InChI=1S/C29H35N3O7S/c1-6-30-29(34)21(2)31(19-22-11-10-14-24(17-22)37-3)28(33)20-32(23-12-8-7-9-13-23)40(35,36)25-15-16-26(38-4)27(18-25)39-5/h7-18,21H,6,19-20H2,1-5H3,(H,30,34)/t21-/m0/s1. The number of ether oxygens (including phenoxy) is 3. The van der Waals surface area contributed by atoms with Crippen LogP contribution in [-0.4, -0.2) is 65.6 Å². The van der Waals surface area contributed by atoms with Gasteiger partial charge in [-0.25, -0.2) is 8.42 Å². The zero-order valence-corrected chi connectivity index (χ0v) is 24.1. The minimum Gasteiger partial charge on any atom is -0.497 e. The molecule has 0 saturated carbocycles. The van der Waals surface area contributed by atoms with E-state index >= 15 is 0 Å². The molecule has 2 amide bonds. The molecule has 1 atom stereocenters. The van der Waals surface area contributed by atoms with Crippen molar-refractivity contribution in [2.75, 3.05) is 38.7 Å². The Hall–Kier alpha value is -4.25. The topological polar surface area (TPSA) is 114 Å². The molecule has 0 aliphatic rings. The van der Waals surface area contributed by atoms with Crippen molar-refractivity contribution >= 4 is 27.5 Å². The van der Waals surface area contributed by atoms with Crippen LogP contribution in [0.4, 0.5) is 5.69 Å². The molecule has 11 heteroatoms. The maximum Gasteiger partial charge on any atom is 0.264 e. The number of likely N-dealkylation sites (N-methyl/N-ethyl adjacent to an activating group) is 1. The van der Waals surface area contributed by atoms with Gasteiger partial charge in [-0.15, -0.1) is 0 Å². The van der Waals surface area contributed by atoms with Crippen molar-refractivity contribution in [2.45, 2.75) is 31.3 Å². The largest absolute Gasteiger partial charge is 0.497 e. The molecular weight excluding hydrogens is 534 g/mol. The molecule has 0 aliphatic carbocycles. The van der Waals surface area contributed by atoms with E-state index in [1.54, 1.807) is 62.4 Å². The molecule has 0 unspecified atom stereocenters. The Kier molecular flexibility index (Phi) is 10.4. The van der Waals surface area contributed by atoms with Gasteiger partial charge in [0.15, 0.2) is 11.5 Å². The van der Waals surface area contributed by atoms with E-state index < -0.39 is 28.5 Å². The summed E-state index contributed by atoms with van der Waals surface area (Å²) in [6.45, 7) is 3.29. The van der Waals surface area contributed by atoms with Gasteiger partial charge in [-0.1, -0.05) is 30.3 Å². The van der Waals surface area contributed by atoms with Gasteiger partial charge in [0, 0.05) is 19.2 Å². The summed E-state index contributed by atoms with van der Waals surface area (Å²) in [7, 11) is 0.148. The molecule has 0 spiro atoms. The van der Waals surface area contributed by atoms with Crippen molar-refractivity contribution in [3.05, 3.63) is 78.4 Å². The van der Waals surface area contributed by atoms with E-state index in [9.17, 15) is 18.0 Å². The Bertz CT molecular complexity index is 1410. The number of methoxy groups -OCH3 is 3. The van der Waals surface area contributed by atoms with E-state index in [0.29, 0.717) is 18.0 Å². The number of carbonyl (C=O) groups excluding carboxylic acids is 2. The lowest BCUT2D eigenvalue weighted by Crippen LogP contribution is -2.51. The molecule has 40 heavy (non-hydrogen) atoms. The van der Waals surface area contributed by atoms with Gasteiger partial charge >= 0.3 is 0 Å². The fourth-order valence-electron chi connectivity index (χ4n) is 4.10. The van der Waals surface area contributed by atoms with Crippen LogP contribution >= 0.6 is 0 Å². The lowest BCUT2D eigenvalue weighted by atomic mass is 10.1. The molecule has 0 fully saturated rings. The third kappa shape index (κ3) is 7.03. The van der Waals surface area contributed by atoms with Crippen molar-refractivity contribution in [1.29, 1.82) is 0 Å². The van der Waals surface area contributed by atoms with Gasteiger partial charge in [-0.2, -0.15) is 0 Å². The highest BCUT2D eigenvalue weighted by Gasteiger charge is 2.33. The quantitative estimate of drug-likeness (QED) is 0.335. The highest BCUT2D eigenvalue weighted by molar-refractivity contribution is 7.92. The minimum atomic E-state index is -4.25. The highest BCUT2D eigenvalue weighted by atomic mass is 32.2. The van der Waals surface area contributed by atoms with E-state index in [1.165, 1.54) is 44.4 Å². The van der Waals surface area contributed by atoms with Crippen LogP contribution in [0.3, 0.4) is 0 Å². The van der Waals surface area contributed by atoms with E-state index in [0.717, 1.165) is 9.87 Å². The maximum absolute atomic E-state index is 14.0. The number of sulfonamides is 1. The summed E-state index contributed by atoms with van der Waals surface area (Å²) >= 11 is 0. The number of nitrogens with zero attached hydrogens (tertiary/aromatic N) is 2. The maximum atomic E-state index is 14.0. The number of amides is 2. The molecule has 3 aromatic rings. The number of hydrogen-bond donors (Lipinski definition) is 1. The van der Waals surface area contributed by atoms with Crippen LogP contribution in [0.1, 0.15) is 19.4 Å². The molecule has 10 nitrogen and oxygen atoms in total. The summed E-state index contributed by atoms with van der Waals surface area (Å²) in [6, 6.07) is 18.8. The van der Waals surface area contributed by atoms with Crippen molar-refractivity contribution < 1.29 is 32.2 Å². The van der Waals surface area contributed by atoms with Crippen LogP contribution in [0, 0.1) is 0 Å². The minimum absolute atomic E-state index is 0.0629. The first-order valence-corrected chi connectivity index (χ1v) is 14.1. The van der Waals surface area contributed by atoms with Gasteiger partial charge < -0.3 is 24.4 Å². The van der Waals surface area contributed by atoms with E-state index in [1.807, 2.05) is 6.07 Å². The Labute approximate surface area is 235 Å². The third-order valence-electron chi connectivity index (χ3n) is 6.27. The molecule has 0 heterocycles. The molecule has 1 N–H and O–H groups in total. The van der Waals surface area contributed by atoms with Gasteiger partial charge in [0.2, 0.25) is 11.8 Å². The Balaban J connectivity index is 2.04. The Morgan fingerprint density at radius 3 is 2.20 bits per heavy atom. The summed E-state index contributed by atoms with van der Waals surface area (Å²) < 4.78 is 44.8. The molecule has 0 bridgehead atoms. The van der Waals surface area contributed by atoms with Gasteiger partial charge in [0.25, 0.3) is 10.0 Å². The van der Waals surface area contributed by atoms with E-state index in [4.69, 9.17) is 14.2 Å². The van der Waals surface area contributed by atoms with Crippen LogP contribution in [0.5, 0.6) is 17.2 Å². The molecule has 0 saturated heterocycles. The molecule has 3 rings (SSSR count). The number of nitrogens with one attached hydrogen (secondary N) is 1. The van der Waals surface area contributed by atoms with Crippen LogP contribution in [-0.2, 0) is 26.2 Å². The summed E-state index contributed by atoms with van der Waals surface area (Å²) in [4.78, 5) is 28.0. The Morgan fingerprint density at radius 2 is 1.57 bits per heavy atom. The second-order valence-corrected chi connectivity index (χ2v) is 10.7. The van der Waals surface area contributed by atoms with Crippen LogP contribution < -0.4 is 23.8 Å². The zero-order valence-electron chi connectivity index (χ0n) is 23.3. The van der Waals surface area contributed by atoms with E-state index in [2.05, 4.69) is 5.32 Å². The molecule has 3 aromatic carbocycles. The fraction of sp³-hybridized carbons (Fsp3) is 0.310. The number of anilines is 1. The molecule has 0 radical (unpaired) electrons. The number of carbonyl (C=O) groups is 2. The first-order valence-electron chi connectivity index (χ1n) is 12.7. The summed E-state index contributed by atoms with van der Waals surface area (Å²) in [5, 5.41) is 2.74. The summed E-state index contributed by atoms with van der Waals surface area (Å²) in [5.41, 5.74) is 1.01. The van der Waals surface area contributed by atoms with Crippen molar-refractivity contribution in [1.82, 2.24) is 10.2 Å². The first-order chi connectivity index (χ1) is 19.2. The van der Waals surface area contributed by atoms with Crippen LogP contribution in [0.2, 0.25) is 0 Å². The predicted molar refractivity (Wildman–Crippen MR) is 152 cm³/mol. The average Bonchev–Trinajstić information content (AvgIpc) is 2.98. The number of rotatable bonds is 13. The van der Waals surface area contributed by atoms with Gasteiger partial charge in [-0.3, -0.25) is 13.9 Å². The van der Waals surface area contributed by atoms with Crippen LogP contribution in [0.25, 0.3) is 0 Å². The summed E-state index contributed by atoms with van der Waals surface area (Å²) in [6.07, 6.45) is 0. The highest BCUT2D eigenvalue weighted by Crippen LogP contribution is 2.32. The van der Waals surface area contributed by atoms with Crippen molar-refractivity contribution in [3.63, 3.8) is 0 Å². The molecule has 0 aliphatic heterocycles. The number of benzene rings is 3.